The molecule has 0 bridgehead atoms. The van der Waals surface area contributed by atoms with E-state index in [1.165, 1.54) is 0 Å². The monoisotopic (exact) mass is 410 g/mol. The number of halogens is 3. The number of nitrogens with one attached hydrogen (secondary N) is 1. The summed E-state index contributed by atoms with van der Waals surface area (Å²) in [6.45, 7) is 0.313. The van der Waals surface area contributed by atoms with E-state index in [4.69, 9.17) is 5.73 Å². The molecule has 3 N–H and O–H groups in total. The Hall–Kier alpha value is -2.59. The second kappa shape index (κ2) is 6.49. The highest BCUT2D eigenvalue weighted by molar-refractivity contribution is 7.92. The highest BCUT2D eigenvalue weighted by Crippen LogP contribution is 2.34. The predicted molar refractivity (Wildman–Crippen MR) is 98.9 cm³/mol. The molecule has 0 saturated heterocycles. The van der Waals surface area contributed by atoms with Gasteiger partial charge in [0.05, 0.1) is 23.0 Å². The van der Waals surface area contributed by atoms with Crippen LogP contribution in [-0.2, 0) is 23.0 Å². The van der Waals surface area contributed by atoms with Gasteiger partial charge in [-0.25, -0.2) is 26.6 Å². The summed E-state index contributed by atoms with van der Waals surface area (Å²) in [5.74, 6) is -3.16. The summed E-state index contributed by atoms with van der Waals surface area (Å²) in [6.07, 6.45) is 1.29. The highest BCUT2D eigenvalue weighted by atomic mass is 32.2. The van der Waals surface area contributed by atoms with Crippen LogP contribution in [0.5, 0.6) is 0 Å². The summed E-state index contributed by atoms with van der Waals surface area (Å²) in [6, 6.07) is 5.79. The number of nitrogens with two attached hydrogens (primary N) is 1. The molecule has 4 rings (SSSR count). The van der Waals surface area contributed by atoms with Crippen LogP contribution in [0.4, 0.5) is 18.9 Å². The average molecular weight is 410 g/mol. The summed E-state index contributed by atoms with van der Waals surface area (Å²) < 4.78 is 68.2. The van der Waals surface area contributed by atoms with Gasteiger partial charge in [0, 0.05) is 31.0 Å². The lowest BCUT2D eigenvalue weighted by Gasteiger charge is -2.30. The summed E-state index contributed by atoms with van der Waals surface area (Å²) in [5, 5.41) is 0. The van der Waals surface area contributed by atoms with Crippen molar-refractivity contribution in [1.82, 2.24) is 9.55 Å². The second-order valence-corrected chi connectivity index (χ2v) is 8.73. The summed E-state index contributed by atoms with van der Waals surface area (Å²) in [7, 11) is -3.43. The molecule has 0 radical (unpaired) electrons. The molecular weight excluding hydrogens is 393 g/mol. The third-order valence-corrected chi connectivity index (χ3v) is 5.49. The largest absolute Gasteiger partial charge is 0.326 e. The van der Waals surface area contributed by atoms with Crippen molar-refractivity contribution < 1.29 is 21.6 Å². The first-order valence-electron chi connectivity index (χ1n) is 8.49. The van der Waals surface area contributed by atoms with Crippen LogP contribution < -0.4 is 10.5 Å². The van der Waals surface area contributed by atoms with E-state index in [9.17, 15) is 21.6 Å². The van der Waals surface area contributed by atoms with E-state index < -0.39 is 39.4 Å². The SMILES string of the molecule is CS(=O)(=O)Nc1ccc2c(c1)nc1n2C[C@H](N)C(c2cc(F)c(F)cc2F)C1. The van der Waals surface area contributed by atoms with Crippen LogP contribution in [0.25, 0.3) is 11.0 Å². The highest BCUT2D eigenvalue weighted by Gasteiger charge is 2.32. The van der Waals surface area contributed by atoms with E-state index in [-0.39, 0.29) is 12.0 Å². The van der Waals surface area contributed by atoms with Gasteiger partial charge >= 0.3 is 0 Å². The minimum Gasteiger partial charge on any atom is -0.326 e. The molecule has 2 heterocycles. The number of imidazole rings is 1. The Morgan fingerprint density at radius 1 is 1.14 bits per heavy atom. The first-order valence-corrected chi connectivity index (χ1v) is 10.4. The smallest absolute Gasteiger partial charge is 0.229 e. The van der Waals surface area contributed by atoms with E-state index in [2.05, 4.69) is 9.71 Å². The fraction of sp³-hybridized carbons (Fsp3) is 0.278. The lowest BCUT2D eigenvalue weighted by molar-refractivity contribution is 0.392. The topological polar surface area (TPSA) is 90.0 Å². The quantitative estimate of drug-likeness (QED) is 0.650. The number of hydrogen-bond donors (Lipinski definition) is 2. The number of anilines is 1. The standard InChI is InChI=1S/C18H17F3N4O2S/c1-28(26,27)24-9-2-3-17-16(4-9)23-18-6-11(15(22)8-25(17)18)10-5-13(20)14(21)7-12(10)19/h2-5,7,11,15,24H,6,8,22H2,1H3/t11?,15-/m0/s1. The number of hydrogen-bond acceptors (Lipinski definition) is 4. The van der Waals surface area contributed by atoms with Crippen molar-refractivity contribution in [3.63, 3.8) is 0 Å². The van der Waals surface area contributed by atoms with Gasteiger partial charge < -0.3 is 10.3 Å². The third kappa shape index (κ3) is 3.33. The average Bonchev–Trinajstić information content (AvgIpc) is 2.92. The molecule has 28 heavy (non-hydrogen) atoms. The molecule has 148 valence electrons. The Balaban J connectivity index is 1.73. The van der Waals surface area contributed by atoms with Gasteiger partial charge in [-0.05, 0) is 29.8 Å². The van der Waals surface area contributed by atoms with Gasteiger partial charge in [-0.3, -0.25) is 4.72 Å². The molecule has 0 aliphatic carbocycles. The van der Waals surface area contributed by atoms with Gasteiger partial charge in [0.1, 0.15) is 11.6 Å². The predicted octanol–water partition coefficient (Wildman–Crippen LogP) is 2.49. The number of benzene rings is 2. The molecule has 0 saturated carbocycles. The Morgan fingerprint density at radius 2 is 1.86 bits per heavy atom. The summed E-state index contributed by atoms with van der Waals surface area (Å²) >= 11 is 0. The number of nitrogens with zero attached hydrogens (tertiary/aromatic N) is 2. The van der Waals surface area contributed by atoms with Gasteiger partial charge in [0.25, 0.3) is 0 Å². The summed E-state index contributed by atoms with van der Waals surface area (Å²) in [4.78, 5) is 4.51. The molecule has 0 amide bonds. The Labute approximate surface area is 159 Å². The van der Waals surface area contributed by atoms with Crippen molar-refractivity contribution >= 4 is 26.7 Å². The molecule has 1 aromatic heterocycles. The first-order chi connectivity index (χ1) is 13.1. The molecule has 1 unspecified atom stereocenters. The van der Waals surface area contributed by atoms with Crippen molar-refractivity contribution in [2.45, 2.75) is 24.9 Å². The minimum absolute atomic E-state index is 0.0177. The maximum absolute atomic E-state index is 14.2. The molecular formula is C18H17F3N4O2S. The van der Waals surface area contributed by atoms with E-state index in [0.717, 1.165) is 17.8 Å². The number of sulfonamides is 1. The fourth-order valence-electron chi connectivity index (χ4n) is 3.67. The van der Waals surface area contributed by atoms with E-state index in [1.54, 1.807) is 18.2 Å². The molecule has 0 spiro atoms. The number of aromatic nitrogens is 2. The lowest BCUT2D eigenvalue weighted by atomic mass is 9.86. The van der Waals surface area contributed by atoms with Gasteiger partial charge in [-0.15, -0.1) is 0 Å². The normalized spacial score (nSPS) is 19.6. The Bertz CT molecular complexity index is 1190. The molecule has 1 aliphatic heterocycles. The second-order valence-electron chi connectivity index (χ2n) is 6.98. The van der Waals surface area contributed by atoms with Crippen LogP contribution in [0.2, 0.25) is 0 Å². The van der Waals surface area contributed by atoms with E-state index >= 15 is 0 Å². The Morgan fingerprint density at radius 3 is 2.57 bits per heavy atom. The van der Waals surface area contributed by atoms with Gasteiger partial charge in [0.2, 0.25) is 10.0 Å². The van der Waals surface area contributed by atoms with Crippen molar-refractivity contribution in [2.24, 2.45) is 5.73 Å². The molecule has 0 fully saturated rings. The molecule has 3 aromatic rings. The Kier molecular flexibility index (Phi) is 4.35. The third-order valence-electron chi connectivity index (χ3n) is 4.88. The van der Waals surface area contributed by atoms with Crippen LogP contribution in [-0.4, -0.2) is 30.3 Å². The van der Waals surface area contributed by atoms with E-state index in [1.807, 2.05) is 4.57 Å². The lowest BCUT2D eigenvalue weighted by Crippen LogP contribution is -2.39. The zero-order valence-corrected chi connectivity index (χ0v) is 15.6. The number of fused-ring (bicyclic) bond motifs is 3. The van der Waals surface area contributed by atoms with Crippen LogP contribution in [0.15, 0.2) is 30.3 Å². The van der Waals surface area contributed by atoms with Crippen molar-refractivity contribution in [3.8, 4) is 0 Å². The zero-order valence-electron chi connectivity index (χ0n) is 14.8. The molecule has 1 aliphatic rings. The van der Waals surface area contributed by atoms with Crippen LogP contribution in [0.3, 0.4) is 0 Å². The molecule has 2 atom stereocenters. The van der Waals surface area contributed by atoms with Crippen molar-refractivity contribution in [1.29, 1.82) is 0 Å². The summed E-state index contributed by atoms with van der Waals surface area (Å²) in [5.41, 5.74) is 7.93. The zero-order chi connectivity index (χ0) is 20.2. The first kappa shape index (κ1) is 18.8. The van der Waals surface area contributed by atoms with Crippen LogP contribution in [0, 0.1) is 17.5 Å². The van der Waals surface area contributed by atoms with Crippen LogP contribution >= 0.6 is 0 Å². The maximum Gasteiger partial charge on any atom is 0.229 e. The molecule has 2 aromatic carbocycles. The van der Waals surface area contributed by atoms with Gasteiger partial charge in [-0.2, -0.15) is 0 Å². The van der Waals surface area contributed by atoms with Gasteiger partial charge in [0.15, 0.2) is 11.6 Å². The molecule has 6 nitrogen and oxygen atoms in total. The van der Waals surface area contributed by atoms with Crippen molar-refractivity contribution in [3.05, 3.63) is 59.2 Å². The number of rotatable bonds is 3. The maximum atomic E-state index is 14.2. The fourth-order valence-corrected chi connectivity index (χ4v) is 4.22. The van der Waals surface area contributed by atoms with Crippen LogP contribution in [0.1, 0.15) is 17.3 Å². The molecule has 10 heteroatoms. The van der Waals surface area contributed by atoms with Gasteiger partial charge in [-0.1, -0.05) is 0 Å². The minimum atomic E-state index is -3.43. The van der Waals surface area contributed by atoms with E-state index in [0.29, 0.717) is 29.6 Å². The van der Waals surface area contributed by atoms with Crippen molar-refractivity contribution in [2.75, 3.05) is 11.0 Å².